The SMILES string of the molecule is CCN(C)C(=O)C(C)NS(=O)(=O)c1cc(N)ccc1OC. The number of nitrogens with zero attached hydrogens (tertiary/aromatic N) is 1. The van der Waals surface area contributed by atoms with Crippen LogP contribution in [0.4, 0.5) is 5.69 Å². The van der Waals surface area contributed by atoms with E-state index in [1.165, 1.54) is 37.1 Å². The molecule has 1 aromatic carbocycles. The van der Waals surface area contributed by atoms with E-state index in [0.29, 0.717) is 12.2 Å². The molecular formula is C13H21N3O4S. The van der Waals surface area contributed by atoms with Gasteiger partial charge in [-0.3, -0.25) is 4.79 Å². The van der Waals surface area contributed by atoms with Crippen molar-refractivity contribution in [2.45, 2.75) is 24.8 Å². The quantitative estimate of drug-likeness (QED) is 0.741. The van der Waals surface area contributed by atoms with E-state index in [-0.39, 0.29) is 16.6 Å². The summed E-state index contributed by atoms with van der Waals surface area (Å²) < 4.78 is 32.1. The minimum atomic E-state index is -3.91. The van der Waals surface area contributed by atoms with Crippen LogP contribution in [-0.2, 0) is 14.8 Å². The molecular weight excluding hydrogens is 294 g/mol. The van der Waals surface area contributed by atoms with Gasteiger partial charge in [0.2, 0.25) is 15.9 Å². The van der Waals surface area contributed by atoms with Crippen LogP contribution in [0.1, 0.15) is 13.8 Å². The fourth-order valence-corrected chi connectivity index (χ4v) is 3.14. The number of ether oxygens (including phenoxy) is 1. The molecule has 1 unspecified atom stereocenters. The van der Waals surface area contributed by atoms with Crippen LogP contribution >= 0.6 is 0 Å². The number of sulfonamides is 1. The van der Waals surface area contributed by atoms with Gasteiger partial charge in [-0.05, 0) is 32.0 Å². The Kier molecular flexibility index (Phi) is 5.56. The van der Waals surface area contributed by atoms with Crippen LogP contribution in [-0.4, -0.2) is 46.0 Å². The number of anilines is 1. The molecule has 1 aromatic rings. The van der Waals surface area contributed by atoms with Gasteiger partial charge in [-0.2, -0.15) is 4.72 Å². The van der Waals surface area contributed by atoms with E-state index in [4.69, 9.17) is 10.5 Å². The van der Waals surface area contributed by atoms with Crippen LogP contribution in [0.3, 0.4) is 0 Å². The van der Waals surface area contributed by atoms with Crippen LogP contribution < -0.4 is 15.2 Å². The van der Waals surface area contributed by atoms with Gasteiger partial charge in [0.15, 0.2) is 0 Å². The van der Waals surface area contributed by atoms with Gasteiger partial charge < -0.3 is 15.4 Å². The number of rotatable bonds is 6. The third-order valence-corrected chi connectivity index (χ3v) is 4.59. The second-order valence-electron chi connectivity index (χ2n) is 4.61. The summed E-state index contributed by atoms with van der Waals surface area (Å²) in [4.78, 5) is 13.3. The Morgan fingerprint density at radius 1 is 1.48 bits per heavy atom. The van der Waals surface area contributed by atoms with Crippen molar-refractivity contribution < 1.29 is 17.9 Å². The van der Waals surface area contributed by atoms with Crippen LogP contribution in [0.25, 0.3) is 0 Å². The largest absolute Gasteiger partial charge is 0.495 e. The molecule has 7 nitrogen and oxygen atoms in total. The molecule has 3 N–H and O–H groups in total. The Balaban J connectivity index is 3.07. The standard InChI is InChI=1S/C13H21N3O4S/c1-5-16(3)13(17)9(2)15-21(18,19)12-8-10(14)6-7-11(12)20-4/h6-9,15H,5,14H2,1-4H3. The van der Waals surface area contributed by atoms with Gasteiger partial charge in [0.05, 0.1) is 13.2 Å². The second kappa shape index (κ2) is 6.77. The van der Waals surface area contributed by atoms with Crippen molar-refractivity contribution >= 4 is 21.6 Å². The van der Waals surface area contributed by atoms with Crippen molar-refractivity contribution in [1.29, 1.82) is 0 Å². The van der Waals surface area contributed by atoms with Gasteiger partial charge >= 0.3 is 0 Å². The number of hydrogen-bond donors (Lipinski definition) is 2. The molecule has 0 bridgehead atoms. The molecule has 0 fully saturated rings. The number of nitrogens with one attached hydrogen (secondary N) is 1. The first-order chi connectivity index (χ1) is 9.72. The molecule has 0 spiro atoms. The van der Waals surface area contributed by atoms with Crippen molar-refractivity contribution in [3.05, 3.63) is 18.2 Å². The number of likely N-dealkylation sites (N-methyl/N-ethyl adjacent to an activating group) is 1. The molecule has 0 aromatic heterocycles. The predicted octanol–water partition coefficient (Wildman–Crippen LogP) is 0.423. The van der Waals surface area contributed by atoms with E-state index in [2.05, 4.69) is 4.72 Å². The zero-order chi connectivity index (χ0) is 16.2. The molecule has 0 saturated heterocycles. The maximum atomic E-state index is 12.4. The third-order valence-electron chi connectivity index (χ3n) is 3.03. The summed E-state index contributed by atoms with van der Waals surface area (Å²) in [7, 11) is -0.944. The molecule has 0 heterocycles. The fourth-order valence-electron chi connectivity index (χ4n) is 1.74. The lowest BCUT2D eigenvalue weighted by molar-refractivity contribution is -0.131. The Hall–Kier alpha value is -1.80. The molecule has 1 rings (SSSR count). The number of amides is 1. The van der Waals surface area contributed by atoms with Crippen molar-refractivity contribution in [2.75, 3.05) is 26.4 Å². The highest BCUT2D eigenvalue weighted by Gasteiger charge is 2.26. The smallest absolute Gasteiger partial charge is 0.245 e. The highest BCUT2D eigenvalue weighted by atomic mass is 32.2. The van der Waals surface area contributed by atoms with E-state index in [0.717, 1.165) is 0 Å². The van der Waals surface area contributed by atoms with E-state index in [1.54, 1.807) is 14.0 Å². The van der Waals surface area contributed by atoms with Crippen LogP contribution in [0.15, 0.2) is 23.1 Å². The van der Waals surface area contributed by atoms with Gasteiger partial charge in [-0.25, -0.2) is 8.42 Å². The molecule has 118 valence electrons. The molecule has 0 aliphatic carbocycles. The van der Waals surface area contributed by atoms with E-state index in [9.17, 15) is 13.2 Å². The number of carbonyl (C=O) groups is 1. The lowest BCUT2D eigenvalue weighted by Gasteiger charge is -2.21. The topological polar surface area (TPSA) is 102 Å². The molecule has 1 amide bonds. The van der Waals surface area contributed by atoms with E-state index in [1.807, 2.05) is 0 Å². The van der Waals surface area contributed by atoms with Gasteiger partial charge in [-0.1, -0.05) is 0 Å². The molecule has 0 aliphatic rings. The summed E-state index contributed by atoms with van der Waals surface area (Å²) >= 11 is 0. The first-order valence-corrected chi connectivity index (χ1v) is 7.92. The average Bonchev–Trinajstić information content (AvgIpc) is 2.45. The molecule has 0 saturated carbocycles. The minimum absolute atomic E-state index is 0.0937. The first-order valence-electron chi connectivity index (χ1n) is 6.43. The lowest BCUT2D eigenvalue weighted by Crippen LogP contribution is -2.45. The second-order valence-corrected chi connectivity index (χ2v) is 6.29. The van der Waals surface area contributed by atoms with Crippen LogP contribution in [0.2, 0.25) is 0 Å². The summed E-state index contributed by atoms with van der Waals surface area (Å²) in [6, 6.07) is 3.42. The summed E-state index contributed by atoms with van der Waals surface area (Å²) in [6.45, 7) is 3.79. The number of hydrogen-bond acceptors (Lipinski definition) is 5. The van der Waals surface area contributed by atoms with Crippen LogP contribution in [0, 0.1) is 0 Å². The van der Waals surface area contributed by atoms with Gasteiger partial charge in [0.25, 0.3) is 0 Å². The first kappa shape index (κ1) is 17.3. The number of benzene rings is 1. The summed E-state index contributed by atoms with van der Waals surface area (Å²) in [6.07, 6.45) is 0. The number of methoxy groups -OCH3 is 1. The number of carbonyl (C=O) groups excluding carboxylic acids is 1. The summed E-state index contributed by atoms with van der Waals surface area (Å²) in [5.41, 5.74) is 5.91. The van der Waals surface area contributed by atoms with Crippen molar-refractivity contribution in [2.24, 2.45) is 0 Å². The Bertz CT molecular complexity index is 616. The summed E-state index contributed by atoms with van der Waals surface area (Å²) in [5, 5.41) is 0. The average molecular weight is 315 g/mol. The van der Waals surface area contributed by atoms with Gasteiger partial charge in [0.1, 0.15) is 10.6 Å². The highest BCUT2D eigenvalue weighted by molar-refractivity contribution is 7.89. The maximum Gasteiger partial charge on any atom is 0.245 e. The van der Waals surface area contributed by atoms with Crippen molar-refractivity contribution in [1.82, 2.24) is 9.62 Å². The molecule has 8 heteroatoms. The third kappa shape index (κ3) is 4.08. The van der Waals surface area contributed by atoms with Crippen molar-refractivity contribution in [3.63, 3.8) is 0 Å². The fraction of sp³-hybridized carbons (Fsp3) is 0.462. The van der Waals surface area contributed by atoms with Crippen molar-refractivity contribution in [3.8, 4) is 5.75 Å². The Morgan fingerprint density at radius 3 is 2.62 bits per heavy atom. The van der Waals surface area contributed by atoms with Gasteiger partial charge in [0, 0.05) is 19.3 Å². The molecule has 0 radical (unpaired) electrons. The molecule has 1 atom stereocenters. The maximum absolute atomic E-state index is 12.4. The zero-order valence-electron chi connectivity index (χ0n) is 12.6. The lowest BCUT2D eigenvalue weighted by atomic mass is 10.3. The highest BCUT2D eigenvalue weighted by Crippen LogP contribution is 2.25. The Morgan fingerprint density at radius 2 is 2.10 bits per heavy atom. The monoisotopic (exact) mass is 315 g/mol. The molecule has 21 heavy (non-hydrogen) atoms. The number of nitrogens with two attached hydrogens (primary N) is 1. The minimum Gasteiger partial charge on any atom is -0.495 e. The normalized spacial score (nSPS) is 12.8. The molecule has 0 aliphatic heterocycles. The summed E-state index contributed by atoms with van der Waals surface area (Å²) in [5.74, 6) is -0.149. The zero-order valence-corrected chi connectivity index (χ0v) is 13.4. The predicted molar refractivity (Wildman–Crippen MR) is 80.5 cm³/mol. The van der Waals surface area contributed by atoms with Crippen LogP contribution in [0.5, 0.6) is 5.75 Å². The Labute approximate surface area is 125 Å². The van der Waals surface area contributed by atoms with E-state index >= 15 is 0 Å². The number of nitrogen functional groups attached to an aromatic ring is 1. The van der Waals surface area contributed by atoms with Gasteiger partial charge in [-0.15, -0.1) is 0 Å². The van der Waals surface area contributed by atoms with E-state index < -0.39 is 16.1 Å².